The number of carbonyl (C=O) groups excluding carboxylic acids is 2. The summed E-state index contributed by atoms with van der Waals surface area (Å²) in [6.07, 6.45) is 2.30. The van der Waals surface area contributed by atoms with Crippen LogP contribution < -0.4 is 20.1 Å². The molecule has 1 fully saturated rings. The van der Waals surface area contributed by atoms with Gasteiger partial charge < -0.3 is 24.8 Å². The van der Waals surface area contributed by atoms with Crippen molar-refractivity contribution >= 4 is 12.0 Å². The van der Waals surface area contributed by atoms with Crippen LogP contribution in [-0.4, -0.2) is 57.9 Å². The lowest BCUT2D eigenvalue weighted by Gasteiger charge is -2.35. The average Bonchev–Trinajstić information content (AvgIpc) is 2.72. The second kappa shape index (κ2) is 9.17. The summed E-state index contributed by atoms with van der Waals surface area (Å²) in [5.74, 6) is 1.21. The minimum Gasteiger partial charge on any atom is -0.493 e. The van der Waals surface area contributed by atoms with Crippen molar-refractivity contribution in [3.63, 3.8) is 0 Å². The highest BCUT2D eigenvalue weighted by molar-refractivity contribution is 5.95. The first-order chi connectivity index (χ1) is 14.0. The zero-order valence-electron chi connectivity index (χ0n) is 17.4. The van der Waals surface area contributed by atoms with Crippen LogP contribution in [-0.2, 0) is 9.53 Å². The smallest absolute Gasteiger partial charge is 0.338 e. The number of carbonyl (C=O) groups is 2. The average molecular weight is 403 g/mol. The van der Waals surface area contributed by atoms with Gasteiger partial charge in [-0.05, 0) is 43.0 Å². The Morgan fingerprint density at radius 1 is 1.21 bits per heavy atom. The fourth-order valence-electron chi connectivity index (χ4n) is 4.03. The van der Waals surface area contributed by atoms with Gasteiger partial charge in [0.1, 0.15) is 0 Å². The molecule has 2 aliphatic rings. The van der Waals surface area contributed by atoms with E-state index in [2.05, 4.69) is 22.5 Å². The molecule has 158 valence electrons. The fraction of sp³-hybridized carbons (Fsp3) is 0.524. The van der Waals surface area contributed by atoms with Crippen LogP contribution in [0.5, 0.6) is 11.5 Å². The van der Waals surface area contributed by atoms with Crippen LogP contribution in [0.25, 0.3) is 0 Å². The lowest BCUT2D eigenvalue weighted by Crippen LogP contribution is -2.49. The summed E-state index contributed by atoms with van der Waals surface area (Å²) < 4.78 is 15.7. The number of likely N-dealkylation sites (tertiary alicyclic amines) is 1. The van der Waals surface area contributed by atoms with Crippen LogP contribution >= 0.6 is 0 Å². The van der Waals surface area contributed by atoms with Gasteiger partial charge in [0.2, 0.25) is 0 Å². The summed E-state index contributed by atoms with van der Waals surface area (Å²) in [7, 11) is 4.45. The molecule has 2 N–H and O–H groups in total. The Kier molecular flexibility index (Phi) is 6.64. The molecule has 0 spiro atoms. The topological polar surface area (TPSA) is 89.1 Å². The molecule has 3 rings (SSSR count). The molecule has 2 aliphatic heterocycles. The van der Waals surface area contributed by atoms with E-state index in [4.69, 9.17) is 14.2 Å². The number of nitrogens with zero attached hydrogens (tertiary/aromatic N) is 1. The normalized spacial score (nSPS) is 22.6. The minimum atomic E-state index is -0.645. The molecule has 0 saturated carbocycles. The highest BCUT2D eigenvalue weighted by Crippen LogP contribution is 2.34. The van der Waals surface area contributed by atoms with Gasteiger partial charge in [-0.2, -0.15) is 0 Å². The maximum absolute atomic E-state index is 12.7. The van der Waals surface area contributed by atoms with Gasteiger partial charge >= 0.3 is 12.0 Å². The molecule has 2 amide bonds. The predicted octanol–water partition coefficient (Wildman–Crippen LogP) is 2.22. The number of benzene rings is 1. The highest BCUT2D eigenvalue weighted by Gasteiger charge is 2.35. The molecule has 1 aromatic carbocycles. The highest BCUT2D eigenvalue weighted by atomic mass is 16.5. The molecule has 0 unspecified atom stereocenters. The second-order valence-electron chi connectivity index (χ2n) is 7.51. The van der Waals surface area contributed by atoms with E-state index in [0.717, 1.165) is 19.5 Å². The van der Waals surface area contributed by atoms with Gasteiger partial charge in [0.25, 0.3) is 0 Å². The monoisotopic (exact) mass is 403 g/mol. The molecular weight excluding hydrogens is 374 g/mol. The number of hydrogen-bond acceptors (Lipinski definition) is 6. The third-order valence-corrected chi connectivity index (χ3v) is 5.42. The number of piperidine rings is 1. The minimum absolute atomic E-state index is 0.350. The first kappa shape index (κ1) is 21.0. The Morgan fingerprint density at radius 3 is 2.62 bits per heavy atom. The number of ether oxygens (including phenoxy) is 3. The van der Waals surface area contributed by atoms with E-state index in [1.54, 1.807) is 32.4 Å². The van der Waals surface area contributed by atoms with Crippen LogP contribution in [0.1, 0.15) is 31.4 Å². The van der Waals surface area contributed by atoms with E-state index in [1.807, 2.05) is 0 Å². The van der Waals surface area contributed by atoms with Crippen LogP contribution in [0.3, 0.4) is 0 Å². The molecule has 1 aromatic rings. The van der Waals surface area contributed by atoms with Crippen LogP contribution in [0, 0.1) is 5.92 Å². The Bertz CT molecular complexity index is 808. The van der Waals surface area contributed by atoms with Gasteiger partial charge in [-0.25, -0.2) is 9.59 Å². The predicted molar refractivity (Wildman–Crippen MR) is 108 cm³/mol. The number of rotatable bonds is 6. The number of esters is 1. The Hall–Kier alpha value is -2.74. The van der Waals surface area contributed by atoms with Gasteiger partial charge in [-0.3, -0.25) is 4.90 Å². The third-order valence-electron chi connectivity index (χ3n) is 5.42. The lowest BCUT2D eigenvalue weighted by atomic mass is 9.94. The molecule has 8 nitrogen and oxygen atoms in total. The second-order valence-corrected chi connectivity index (χ2v) is 7.51. The SMILES string of the molecule is COC(=O)C1=C(CN2CCC[C@H](C)C2)NC(=O)N[C@H]1c1ccc(OC)c(OC)c1. The maximum Gasteiger partial charge on any atom is 0.338 e. The van der Waals surface area contributed by atoms with Crippen molar-refractivity contribution in [1.29, 1.82) is 0 Å². The molecule has 1 saturated heterocycles. The summed E-state index contributed by atoms with van der Waals surface area (Å²) in [6.45, 7) is 4.58. The van der Waals surface area contributed by atoms with Crippen molar-refractivity contribution in [3.05, 3.63) is 35.0 Å². The standard InChI is InChI=1S/C21H29N3O5/c1-13-6-5-9-24(11-13)12-15-18(20(25)29-4)19(23-21(26)22-15)14-7-8-16(27-2)17(10-14)28-3/h7-8,10,13,19H,5-6,9,11-12H2,1-4H3,(H2,22,23,26)/t13-,19-/m0/s1. The van der Waals surface area contributed by atoms with Gasteiger partial charge in [-0.1, -0.05) is 13.0 Å². The number of urea groups is 1. The van der Waals surface area contributed by atoms with E-state index >= 15 is 0 Å². The molecular formula is C21H29N3O5. The van der Waals surface area contributed by atoms with Gasteiger partial charge in [0.05, 0.1) is 32.9 Å². The first-order valence-electron chi connectivity index (χ1n) is 9.80. The zero-order chi connectivity index (χ0) is 21.0. The van der Waals surface area contributed by atoms with E-state index in [-0.39, 0.29) is 6.03 Å². The molecule has 2 heterocycles. The molecule has 8 heteroatoms. The summed E-state index contributed by atoms with van der Waals surface area (Å²) in [5.41, 5.74) is 1.69. The van der Waals surface area contributed by atoms with E-state index in [0.29, 0.717) is 40.8 Å². The van der Waals surface area contributed by atoms with Crippen LogP contribution in [0.4, 0.5) is 4.79 Å². The summed E-state index contributed by atoms with van der Waals surface area (Å²) in [4.78, 5) is 27.4. The Morgan fingerprint density at radius 2 is 1.97 bits per heavy atom. The molecule has 29 heavy (non-hydrogen) atoms. The van der Waals surface area contributed by atoms with Crippen molar-refractivity contribution in [2.45, 2.75) is 25.8 Å². The molecule has 0 aliphatic carbocycles. The van der Waals surface area contributed by atoms with Crippen molar-refractivity contribution in [2.75, 3.05) is 41.0 Å². The molecule has 0 bridgehead atoms. The number of nitrogens with one attached hydrogen (secondary N) is 2. The summed E-state index contributed by atoms with van der Waals surface area (Å²) in [5, 5.41) is 5.66. The first-order valence-corrected chi connectivity index (χ1v) is 9.80. The molecule has 2 atom stereocenters. The lowest BCUT2D eigenvalue weighted by molar-refractivity contribution is -0.136. The summed E-state index contributed by atoms with van der Waals surface area (Å²) in [6, 6.07) is 4.33. The largest absolute Gasteiger partial charge is 0.493 e. The maximum atomic E-state index is 12.7. The Balaban J connectivity index is 2.00. The molecule has 0 aromatic heterocycles. The van der Waals surface area contributed by atoms with Crippen LogP contribution in [0.15, 0.2) is 29.5 Å². The van der Waals surface area contributed by atoms with Crippen molar-refractivity contribution in [1.82, 2.24) is 15.5 Å². The fourth-order valence-corrected chi connectivity index (χ4v) is 4.03. The van der Waals surface area contributed by atoms with E-state index < -0.39 is 12.0 Å². The van der Waals surface area contributed by atoms with Gasteiger partial charge in [0.15, 0.2) is 11.5 Å². The van der Waals surface area contributed by atoms with Crippen LogP contribution in [0.2, 0.25) is 0 Å². The third kappa shape index (κ3) is 4.64. The quantitative estimate of drug-likeness (QED) is 0.708. The molecule has 0 radical (unpaired) electrons. The van der Waals surface area contributed by atoms with Crippen molar-refractivity contribution in [3.8, 4) is 11.5 Å². The van der Waals surface area contributed by atoms with E-state index in [9.17, 15) is 9.59 Å². The van der Waals surface area contributed by atoms with Crippen molar-refractivity contribution < 1.29 is 23.8 Å². The van der Waals surface area contributed by atoms with E-state index in [1.165, 1.54) is 13.5 Å². The zero-order valence-corrected chi connectivity index (χ0v) is 17.4. The number of hydrogen-bond donors (Lipinski definition) is 2. The Labute approximate surface area is 171 Å². The van der Waals surface area contributed by atoms with Gasteiger partial charge in [-0.15, -0.1) is 0 Å². The number of methoxy groups -OCH3 is 3. The van der Waals surface area contributed by atoms with Gasteiger partial charge in [0, 0.05) is 18.8 Å². The van der Waals surface area contributed by atoms with Crippen molar-refractivity contribution in [2.24, 2.45) is 5.92 Å². The summed E-state index contributed by atoms with van der Waals surface area (Å²) >= 11 is 0. The number of amides is 2.